The minimum atomic E-state index is -0.333. The molecular formula is C30H45ClN6O2. The van der Waals surface area contributed by atoms with Crippen LogP contribution in [0.15, 0.2) is 61.2 Å². The van der Waals surface area contributed by atoms with Crippen molar-refractivity contribution in [3.63, 3.8) is 0 Å². The Morgan fingerprint density at radius 2 is 1.97 bits per heavy atom. The summed E-state index contributed by atoms with van der Waals surface area (Å²) < 4.78 is 6.76. The second kappa shape index (κ2) is 16.1. The first kappa shape index (κ1) is 32.1. The predicted octanol–water partition coefficient (Wildman–Crippen LogP) is 5.18. The summed E-state index contributed by atoms with van der Waals surface area (Å²) in [7, 11) is 4.04. The highest BCUT2D eigenvalue weighted by Gasteiger charge is 2.22. The van der Waals surface area contributed by atoms with E-state index in [-0.39, 0.29) is 12.1 Å². The number of carbonyl (C=O) groups is 1. The molecule has 2 aliphatic rings. The third kappa shape index (κ3) is 8.98. The van der Waals surface area contributed by atoms with E-state index < -0.39 is 0 Å². The molecule has 0 bridgehead atoms. The fraction of sp³-hybridized carbons (Fsp3) is 0.467. The van der Waals surface area contributed by atoms with Crippen LogP contribution in [0.25, 0.3) is 5.57 Å². The number of benzene rings is 1. The van der Waals surface area contributed by atoms with E-state index >= 15 is 0 Å². The molecule has 3 heterocycles. The molecular weight excluding hydrogens is 512 g/mol. The van der Waals surface area contributed by atoms with Gasteiger partial charge in [-0.1, -0.05) is 49.7 Å². The van der Waals surface area contributed by atoms with Crippen LogP contribution in [0.3, 0.4) is 0 Å². The highest BCUT2D eigenvalue weighted by molar-refractivity contribution is 6.30. The van der Waals surface area contributed by atoms with Crippen molar-refractivity contribution in [2.75, 3.05) is 39.8 Å². The molecule has 3 N–H and O–H groups in total. The summed E-state index contributed by atoms with van der Waals surface area (Å²) in [5, 5.41) is 3.85. The number of carbonyl (C=O) groups excluding carboxylic acids is 1. The second-order valence-corrected chi connectivity index (χ2v) is 9.74. The lowest BCUT2D eigenvalue weighted by Crippen LogP contribution is -2.46. The number of rotatable bonds is 6. The number of aromatic nitrogens is 2. The van der Waals surface area contributed by atoms with Crippen LogP contribution in [0, 0.1) is 0 Å². The van der Waals surface area contributed by atoms with Gasteiger partial charge in [-0.15, -0.1) is 0 Å². The maximum atomic E-state index is 11.1. The molecule has 1 unspecified atom stereocenters. The highest BCUT2D eigenvalue weighted by atomic mass is 35.5. The first-order valence-electron chi connectivity index (χ1n) is 13.6. The minimum Gasteiger partial charge on any atom is -0.450 e. The highest BCUT2D eigenvalue weighted by Crippen LogP contribution is 2.32. The zero-order chi connectivity index (χ0) is 28.9. The minimum absolute atomic E-state index is 0.186. The van der Waals surface area contributed by atoms with E-state index in [1.807, 2.05) is 44.5 Å². The lowest BCUT2D eigenvalue weighted by molar-refractivity contribution is 0.102. The maximum Gasteiger partial charge on any atom is 0.409 e. The predicted molar refractivity (Wildman–Crippen MR) is 162 cm³/mol. The fourth-order valence-corrected chi connectivity index (χ4v) is 4.65. The van der Waals surface area contributed by atoms with E-state index in [4.69, 9.17) is 22.1 Å². The van der Waals surface area contributed by atoms with Crippen molar-refractivity contribution < 1.29 is 9.53 Å². The van der Waals surface area contributed by atoms with Gasteiger partial charge in [-0.25, -0.2) is 9.78 Å². The first-order valence-corrected chi connectivity index (χ1v) is 14.0. The van der Waals surface area contributed by atoms with Crippen LogP contribution >= 0.6 is 11.6 Å². The van der Waals surface area contributed by atoms with E-state index in [1.54, 1.807) is 17.4 Å². The smallest absolute Gasteiger partial charge is 0.409 e. The summed E-state index contributed by atoms with van der Waals surface area (Å²) in [4.78, 5) is 19.2. The molecule has 9 heteroatoms. The normalized spacial score (nSPS) is 17.2. The molecule has 0 radical (unpaired) electrons. The third-order valence-corrected chi connectivity index (χ3v) is 6.95. The number of nitrogens with one attached hydrogen (secondary N) is 1. The number of hydrogen-bond donors (Lipinski definition) is 2. The zero-order valence-corrected chi connectivity index (χ0v) is 25.0. The average molecular weight is 557 g/mol. The zero-order valence-electron chi connectivity index (χ0n) is 24.3. The molecule has 0 aliphatic carbocycles. The first-order chi connectivity index (χ1) is 18.7. The molecule has 0 spiro atoms. The van der Waals surface area contributed by atoms with Crippen molar-refractivity contribution in [3.05, 3.63) is 83.1 Å². The summed E-state index contributed by atoms with van der Waals surface area (Å²) in [6, 6.07) is 5.95. The number of nitrogens with two attached hydrogens (primary N) is 1. The van der Waals surface area contributed by atoms with Gasteiger partial charge < -0.3 is 30.2 Å². The summed E-state index contributed by atoms with van der Waals surface area (Å²) in [5.74, 6) is 0. The van der Waals surface area contributed by atoms with Crippen LogP contribution in [0.5, 0.6) is 0 Å². The topological polar surface area (TPSA) is 88.6 Å². The average Bonchev–Trinajstić information content (AvgIpc) is 3.38. The van der Waals surface area contributed by atoms with Gasteiger partial charge in [-0.2, -0.15) is 0 Å². The van der Waals surface area contributed by atoms with Crippen molar-refractivity contribution in [1.29, 1.82) is 0 Å². The SMILES string of the molecule is C=C(c1cc(Cl)ccc1CC1C(C)=CC=CN1C)[C@@H](N)c1cncn1C.CC.CCOC(=O)N1CCNCC1. The van der Waals surface area contributed by atoms with Gasteiger partial charge in [0.25, 0.3) is 0 Å². The molecule has 4 rings (SSSR count). The largest absolute Gasteiger partial charge is 0.450 e. The van der Waals surface area contributed by atoms with E-state index in [0.717, 1.165) is 49.4 Å². The molecule has 1 aromatic heterocycles. The fourth-order valence-electron chi connectivity index (χ4n) is 4.48. The Kier molecular flexibility index (Phi) is 13.3. The molecule has 2 atom stereocenters. The lowest BCUT2D eigenvalue weighted by atomic mass is 9.89. The van der Waals surface area contributed by atoms with Crippen molar-refractivity contribution in [3.8, 4) is 0 Å². The number of halogens is 1. The van der Waals surface area contributed by atoms with Crippen LogP contribution in [-0.2, 0) is 18.2 Å². The third-order valence-electron chi connectivity index (χ3n) is 6.72. The number of aryl methyl sites for hydroxylation is 1. The van der Waals surface area contributed by atoms with Gasteiger partial charge in [-0.3, -0.25) is 0 Å². The van der Waals surface area contributed by atoms with E-state index in [2.05, 4.69) is 60.2 Å². The van der Waals surface area contributed by atoms with Gasteiger partial charge in [0.15, 0.2) is 0 Å². The van der Waals surface area contributed by atoms with Crippen LogP contribution in [0.1, 0.15) is 50.6 Å². The summed E-state index contributed by atoms with van der Waals surface area (Å²) in [6.07, 6.45) is 10.6. The van der Waals surface area contributed by atoms with E-state index in [9.17, 15) is 4.79 Å². The summed E-state index contributed by atoms with van der Waals surface area (Å²) in [6.45, 7) is 16.0. The number of imidazole rings is 1. The number of likely N-dealkylation sites (N-methyl/N-ethyl adjacent to an activating group) is 1. The number of ether oxygens (including phenoxy) is 1. The number of amides is 1. The molecule has 2 aliphatic heterocycles. The molecule has 2 aromatic rings. The van der Waals surface area contributed by atoms with Gasteiger partial charge in [0.05, 0.1) is 36.9 Å². The summed E-state index contributed by atoms with van der Waals surface area (Å²) in [5.41, 5.74) is 11.8. The Morgan fingerprint density at radius 3 is 2.56 bits per heavy atom. The molecule has 0 saturated carbocycles. The molecule has 1 aromatic carbocycles. The van der Waals surface area contributed by atoms with Crippen molar-refractivity contribution in [2.45, 2.75) is 46.2 Å². The Labute approximate surface area is 239 Å². The molecule has 1 saturated heterocycles. The van der Waals surface area contributed by atoms with Crippen LogP contribution in [-0.4, -0.2) is 71.3 Å². The van der Waals surface area contributed by atoms with Crippen LogP contribution < -0.4 is 11.1 Å². The van der Waals surface area contributed by atoms with Crippen molar-refractivity contribution >= 4 is 23.3 Å². The number of nitrogens with zero attached hydrogens (tertiary/aromatic N) is 4. The van der Waals surface area contributed by atoms with Crippen LogP contribution in [0.4, 0.5) is 4.79 Å². The molecule has 214 valence electrons. The summed E-state index contributed by atoms with van der Waals surface area (Å²) >= 11 is 6.29. The Balaban J connectivity index is 0.000000343. The Hall–Kier alpha value is -3.07. The van der Waals surface area contributed by atoms with Gasteiger partial charge in [-0.05, 0) is 61.4 Å². The lowest BCUT2D eigenvalue weighted by Gasteiger charge is -2.31. The van der Waals surface area contributed by atoms with Crippen molar-refractivity contribution in [2.24, 2.45) is 12.8 Å². The number of piperazine rings is 1. The molecule has 1 amide bonds. The second-order valence-electron chi connectivity index (χ2n) is 9.31. The molecule has 8 nitrogen and oxygen atoms in total. The van der Waals surface area contributed by atoms with Gasteiger partial charge in [0.1, 0.15) is 0 Å². The van der Waals surface area contributed by atoms with E-state index in [1.165, 1.54) is 11.1 Å². The monoisotopic (exact) mass is 556 g/mol. The Morgan fingerprint density at radius 1 is 1.28 bits per heavy atom. The van der Waals surface area contributed by atoms with Gasteiger partial charge >= 0.3 is 6.09 Å². The number of allylic oxidation sites excluding steroid dienone is 2. The van der Waals surface area contributed by atoms with Gasteiger partial charge in [0.2, 0.25) is 0 Å². The van der Waals surface area contributed by atoms with Crippen molar-refractivity contribution in [1.82, 2.24) is 24.7 Å². The van der Waals surface area contributed by atoms with E-state index in [0.29, 0.717) is 17.7 Å². The van der Waals surface area contributed by atoms with Gasteiger partial charge in [0, 0.05) is 45.3 Å². The quantitative estimate of drug-likeness (QED) is 0.510. The standard InChI is InChI=1S/C21H25ClN4.C7H14N2O2.C2H6/c1-14-6-5-9-25(3)19(14)10-16-7-8-17(22)11-18(16)15(2)21(23)20-12-24-13-26(20)4;1-2-11-7(10)9-5-3-8-4-6-9;1-2/h5-9,11-13,19,21H,2,10,23H2,1,3-4H3;8H,2-6H2,1H3;1-2H3/t19?,21-;;/m1../s1. The molecule has 39 heavy (non-hydrogen) atoms. The number of hydrogen-bond acceptors (Lipinski definition) is 6. The Bertz CT molecular complexity index is 1140. The maximum absolute atomic E-state index is 11.1. The molecule has 1 fully saturated rings. The van der Waals surface area contributed by atoms with Crippen LogP contribution in [0.2, 0.25) is 5.02 Å².